The second kappa shape index (κ2) is 6.23. The van der Waals surface area contributed by atoms with Crippen LogP contribution in [0.25, 0.3) is 0 Å². The molecule has 2 heterocycles. The van der Waals surface area contributed by atoms with E-state index in [9.17, 15) is 4.79 Å². The Hall–Kier alpha value is -0.610. The van der Waals surface area contributed by atoms with Gasteiger partial charge in [-0.15, -0.1) is 0 Å². The van der Waals surface area contributed by atoms with E-state index < -0.39 is 0 Å². The SMILES string of the molecule is CC(C)(C)N1CCC(NC(=O)C2CCCNC2)CC1. The number of hydrogen-bond donors (Lipinski definition) is 2. The average molecular weight is 267 g/mol. The first-order chi connectivity index (χ1) is 8.97. The van der Waals surface area contributed by atoms with Crippen molar-refractivity contribution in [2.45, 2.75) is 58.0 Å². The maximum absolute atomic E-state index is 12.2. The minimum atomic E-state index is 0.189. The summed E-state index contributed by atoms with van der Waals surface area (Å²) in [7, 11) is 0. The van der Waals surface area contributed by atoms with Crippen LogP contribution in [0.3, 0.4) is 0 Å². The van der Waals surface area contributed by atoms with Gasteiger partial charge in [0.15, 0.2) is 0 Å². The van der Waals surface area contributed by atoms with Crippen molar-refractivity contribution in [3.8, 4) is 0 Å². The third-order valence-electron chi connectivity index (χ3n) is 4.46. The number of nitrogens with one attached hydrogen (secondary N) is 2. The standard InChI is InChI=1S/C15H29N3O/c1-15(2,3)18-9-6-13(7-10-18)17-14(19)12-5-4-8-16-11-12/h12-13,16H,4-11H2,1-3H3,(H,17,19). The topological polar surface area (TPSA) is 44.4 Å². The highest BCUT2D eigenvalue weighted by Gasteiger charge is 2.29. The van der Waals surface area contributed by atoms with Crippen LogP contribution in [0.15, 0.2) is 0 Å². The van der Waals surface area contributed by atoms with Crippen LogP contribution >= 0.6 is 0 Å². The molecular formula is C15H29N3O. The summed E-state index contributed by atoms with van der Waals surface area (Å²) < 4.78 is 0. The number of nitrogens with zero attached hydrogens (tertiary/aromatic N) is 1. The molecular weight excluding hydrogens is 238 g/mol. The molecule has 0 aromatic carbocycles. The van der Waals surface area contributed by atoms with Crippen molar-refractivity contribution in [2.75, 3.05) is 26.2 Å². The van der Waals surface area contributed by atoms with Crippen molar-refractivity contribution in [1.29, 1.82) is 0 Å². The fourth-order valence-electron chi connectivity index (χ4n) is 3.09. The van der Waals surface area contributed by atoms with Gasteiger partial charge in [0.25, 0.3) is 0 Å². The van der Waals surface area contributed by atoms with Gasteiger partial charge < -0.3 is 10.6 Å². The van der Waals surface area contributed by atoms with Crippen LogP contribution in [0, 0.1) is 5.92 Å². The largest absolute Gasteiger partial charge is 0.353 e. The van der Waals surface area contributed by atoms with E-state index >= 15 is 0 Å². The van der Waals surface area contributed by atoms with Crippen molar-refractivity contribution >= 4 is 5.91 Å². The minimum absolute atomic E-state index is 0.189. The Kier molecular flexibility index (Phi) is 4.85. The molecule has 0 aromatic heterocycles. The first-order valence-corrected chi connectivity index (χ1v) is 7.73. The Morgan fingerprint density at radius 1 is 1.21 bits per heavy atom. The van der Waals surface area contributed by atoms with Gasteiger partial charge in [-0.3, -0.25) is 9.69 Å². The molecule has 1 amide bonds. The number of carbonyl (C=O) groups is 1. The van der Waals surface area contributed by atoms with Crippen molar-refractivity contribution in [3.05, 3.63) is 0 Å². The van der Waals surface area contributed by atoms with Crippen molar-refractivity contribution in [3.63, 3.8) is 0 Å². The fraction of sp³-hybridized carbons (Fsp3) is 0.933. The van der Waals surface area contributed by atoms with Gasteiger partial charge in [-0.1, -0.05) is 0 Å². The lowest BCUT2D eigenvalue weighted by Gasteiger charge is -2.41. The Morgan fingerprint density at radius 2 is 1.89 bits per heavy atom. The summed E-state index contributed by atoms with van der Waals surface area (Å²) in [5.41, 5.74) is 0.252. The average Bonchev–Trinajstić information content (AvgIpc) is 2.39. The molecule has 4 nitrogen and oxygen atoms in total. The maximum Gasteiger partial charge on any atom is 0.224 e. The van der Waals surface area contributed by atoms with Crippen molar-refractivity contribution < 1.29 is 4.79 Å². The van der Waals surface area contributed by atoms with Crippen LogP contribution in [-0.2, 0) is 4.79 Å². The van der Waals surface area contributed by atoms with Gasteiger partial charge >= 0.3 is 0 Å². The Bertz CT molecular complexity index is 297. The zero-order chi connectivity index (χ0) is 13.9. The molecule has 0 radical (unpaired) electrons. The molecule has 4 heteroatoms. The molecule has 110 valence electrons. The first kappa shape index (κ1) is 14.8. The van der Waals surface area contributed by atoms with Crippen LogP contribution in [0.5, 0.6) is 0 Å². The molecule has 0 aliphatic carbocycles. The van der Waals surface area contributed by atoms with E-state index in [1.807, 2.05) is 0 Å². The third kappa shape index (κ3) is 4.18. The molecule has 2 saturated heterocycles. The molecule has 0 aromatic rings. The first-order valence-electron chi connectivity index (χ1n) is 7.73. The predicted molar refractivity (Wildman–Crippen MR) is 78.1 cm³/mol. The summed E-state index contributed by atoms with van der Waals surface area (Å²) in [6.07, 6.45) is 4.34. The van der Waals surface area contributed by atoms with E-state index in [2.05, 4.69) is 36.3 Å². The van der Waals surface area contributed by atoms with Crippen LogP contribution in [-0.4, -0.2) is 48.6 Å². The molecule has 19 heavy (non-hydrogen) atoms. The monoisotopic (exact) mass is 267 g/mol. The number of rotatable bonds is 2. The van der Waals surface area contributed by atoms with Crippen LogP contribution in [0.4, 0.5) is 0 Å². The van der Waals surface area contributed by atoms with Gasteiger partial charge in [0, 0.05) is 31.2 Å². The summed E-state index contributed by atoms with van der Waals surface area (Å²) in [5, 5.41) is 6.57. The summed E-state index contributed by atoms with van der Waals surface area (Å²) >= 11 is 0. The van der Waals surface area contributed by atoms with E-state index in [-0.39, 0.29) is 17.4 Å². The quantitative estimate of drug-likeness (QED) is 0.794. The fourth-order valence-corrected chi connectivity index (χ4v) is 3.09. The number of piperidine rings is 2. The zero-order valence-corrected chi connectivity index (χ0v) is 12.7. The molecule has 2 rings (SSSR count). The second-order valence-electron chi connectivity index (χ2n) is 6.98. The van der Waals surface area contributed by atoms with Gasteiger partial charge in [0.2, 0.25) is 5.91 Å². The third-order valence-corrected chi connectivity index (χ3v) is 4.46. The highest BCUT2D eigenvalue weighted by molar-refractivity contribution is 5.79. The predicted octanol–water partition coefficient (Wildman–Crippen LogP) is 1.37. The Morgan fingerprint density at radius 3 is 2.42 bits per heavy atom. The van der Waals surface area contributed by atoms with Gasteiger partial charge in [-0.2, -0.15) is 0 Å². The number of carbonyl (C=O) groups excluding carboxylic acids is 1. The van der Waals surface area contributed by atoms with E-state index in [0.717, 1.165) is 51.9 Å². The van der Waals surface area contributed by atoms with Crippen LogP contribution < -0.4 is 10.6 Å². The lowest BCUT2D eigenvalue weighted by atomic mass is 9.95. The minimum Gasteiger partial charge on any atom is -0.353 e. The van der Waals surface area contributed by atoms with Crippen LogP contribution in [0.2, 0.25) is 0 Å². The number of likely N-dealkylation sites (tertiary alicyclic amines) is 1. The zero-order valence-electron chi connectivity index (χ0n) is 12.7. The molecule has 2 aliphatic heterocycles. The molecule has 0 bridgehead atoms. The van der Waals surface area contributed by atoms with E-state index in [1.54, 1.807) is 0 Å². The molecule has 1 unspecified atom stereocenters. The van der Waals surface area contributed by atoms with E-state index in [0.29, 0.717) is 6.04 Å². The van der Waals surface area contributed by atoms with E-state index in [4.69, 9.17) is 0 Å². The Labute approximate surface area is 117 Å². The van der Waals surface area contributed by atoms with E-state index in [1.165, 1.54) is 0 Å². The number of amides is 1. The van der Waals surface area contributed by atoms with Crippen molar-refractivity contribution in [1.82, 2.24) is 15.5 Å². The summed E-state index contributed by atoms with van der Waals surface area (Å²) in [6, 6.07) is 0.382. The summed E-state index contributed by atoms with van der Waals surface area (Å²) in [4.78, 5) is 14.7. The van der Waals surface area contributed by atoms with Crippen LogP contribution in [0.1, 0.15) is 46.5 Å². The smallest absolute Gasteiger partial charge is 0.224 e. The van der Waals surface area contributed by atoms with Gasteiger partial charge in [-0.25, -0.2) is 0 Å². The van der Waals surface area contributed by atoms with Gasteiger partial charge in [0.1, 0.15) is 0 Å². The highest BCUT2D eigenvalue weighted by atomic mass is 16.2. The molecule has 0 spiro atoms. The lowest BCUT2D eigenvalue weighted by molar-refractivity contribution is -0.126. The second-order valence-corrected chi connectivity index (χ2v) is 6.98. The summed E-state index contributed by atoms with van der Waals surface area (Å²) in [6.45, 7) is 10.9. The van der Waals surface area contributed by atoms with Gasteiger partial charge in [-0.05, 0) is 53.0 Å². The number of hydrogen-bond acceptors (Lipinski definition) is 3. The van der Waals surface area contributed by atoms with Crippen molar-refractivity contribution in [2.24, 2.45) is 5.92 Å². The lowest BCUT2D eigenvalue weighted by Crippen LogP contribution is -2.52. The van der Waals surface area contributed by atoms with Gasteiger partial charge in [0.05, 0.1) is 5.92 Å². The maximum atomic E-state index is 12.2. The molecule has 2 fully saturated rings. The molecule has 0 saturated carbocycles. The molecule has 1 atom stereocenters. The molecule has 2 N–H and O–H groups in total. The summed E-state index contributed by atoms with van der Waals surface area (Å²) in [5.74, 6) is 0.454. The Balaban J connectivity index is 1.74. The molecule has 2 aliphatic rings. The highest BCUT2D eigenvalue weighted by Crippen LogP contribution is 2.20. The normalized spacial score (nSPS) is 27.2.